The highest BCUT2D eigenvalue weighted by atomic mass is 32.1. The number of benzene rings is 9. The molecule has 3 heteroatoms. The van der Waals surface area contributed by atoms with Crippen molar-refractivity contribution in [3.8, 4) is 33.4 Å². The number of fused-ring (bicyclic) bond motifs is 9. The average Bonchev–Trinajstić information content (AvgIpc) is 1.66. The predicted octanol–water partition coefficient (Wildman–Crippen LogP) is 21.5. The molecule has 0 aliphatic heterocycles. The molecule has 0 amide bonds. The van der Waals surface area contributed by atoms with Gasteiger partial charge in [-0.3, -0.25) is 0 Å². The molecule has 0 N–H and O–H groups in total. The zero-order valence-electron chi connectivity index (χ0n) is 55.1. The van der Waals surface area contributed by atoms with Crippen LogP contribution in [0.3, 0.4) is 0 Å². The number of hydrogen-bond donors (Lipinski definition) is 0. The van der Waals surface area contributed by atoms with Crippen molar-refractivity contribution in [3.05, 3.63) is 215 Å². The summed E-state index contributed by atoms with van der Waals surface area (Å²) in [6, 6.07) is 36.3. The summed E-state index contributed by atoms with van der Waals surface area (Å²) >= 11 is 3.49. The van der Waals surface area contributed by atoms with E-state index in [4.69, 9.17) is 20.9 Å². The van der Waals surface area contributed by atoms with E-state index in [0.29, 0.717) is 33.4 Å². The first-order chi connectivity index (χ1) is 39.4. The highest BCUT2D eigenvalue weighted by molar-refractivity contribution is 7.26. The highest BCUT2D eigenvalue weighted by Gasteiger charge is 2.27. The van der Waals surface area contributed by atoms with Crippen LogP contribution in [0.5, 0.6) is 0 Å². The molecule has 0 bridgehead atoms. The van der Waals surface area contributed by atoms with Crippen LogP contribution in [0.1, 0.15) is 112 Å². The Morgan fingerprint density at radius 2 is 0.819 bits per heavy atom. The molecule has 0 aliphatic rings. The summed E-state index contributed by atoms with van der Waals surface area (Å²) in [6.45, 7) is 24.3. The third-order valence-corrected chi connectivity index (χ3v) is 15.3. The second kappa shape index (κ2) is 19.0. The van der Waals surface area contributed by atoms with Crippen LogP contribution in [0.2, 0.25) is 0 Å². The van der Waals surface area contributed by atoms with Gasteiger partial charge in [-0.05, 0) is 117 Å². The van der Waals surface area contributed by atoms with Gasteiger partial charge in [0.15, 0.2) is 0 Å². The molecule has 0 saturated carbocycles. The van der Waals surface area contributed by atoms with E-state index in [-0.39, 0.29) is 88.8 Å². The number of thiophene rings is 2. The van der Waals surface area contributed by atoms with Crippen molar-refractivity contribution in [2.45, 2.75) is 99.3 Å². The van der Waals surface area contributed by atoms with Crippen molar-refractivity contribution in [2.24, 2.45) is 0 Å². The Labute approximate surface area is 451 Å². The molecule has 3 heterocycles. The summed E-state index contributed by atoms with van der Waals surface area (Å²) in [5.74, 6) is 0. The number of hydrogen-bond acceptors (Lipinski definition) is 3. The first kappa shape index (κ1) is 36.2. The number of rotatable bonds is 3. The Morgan fingerprint density at radius 1 is 0.375 bits per heavy atom. The van der Waals surface area contributed by atoms with E-state index in [1.54, 1.807) is 43.4 Å². The molecule has 3 aromatic heterocycles. The fraction of sp³-hybridized carbons (Fsp3) is 0.217. The molecule has 0 spiro atoms. The zero-order valence-corrected chi connectivity index (χ0v) is 44.8. The highest BCUT2D eigenvalue weighted by Crippen LogP contribution is 2.47. The molecule has 12 rings (SSSR count). The van der Waals surface area contributed by atoms with Gasteiger partial charge in [-0.25, -0.2) is 0 Å². The summed E-state index contributed by atoms with van der Waals surface area (Å²) in [5, 5.41) is 6.75. The Hall–Kier alpha value is -6.78. The van der Waals surface area contributed by atoms with E-state index >= 15 is 0 Å². The SMILES string of the molecule is [2H]c1c([2H])c(C)c([2H])c(-c2ccc3c(sc4ccccc43)c2C(C)(C)C)c1[2H].[2H]c1c([2H])c(C)c([2H])c(-c2ccc3oc4ccccc4c3c2C(C)(C)C)c1[2H].[2H]c1c([2H])c(C)c([2H])c(-c2ccc3sc4ccccc4c3c2C(C)(C)C)c1[2H]. The first-order valence-electron chi connectivity index (χ1n) is 30.4. The van der Waals surface area contributed by atoms with Crippen molar-refractivity contribution in [1.29, 1.82) is 0 Å². The lowest BCUT2D eigenvalue weighted by Crippen LogP contribution is -2.13. The monoisotopic (exact) mass is 987 g/mol. The van der Waals surface area contributed by atoms with Crippen LogP contribution in [-0.4, -0.2) is 0 Å². The smallest absolute Gasteiger partial charge is 0.135 e. The van der Waals surface area contributed by atoms with Crippen LogP contribution in [0.4, 0.5) is 0 Å². The molecule has 0 fully saturated rings. The molecule has 0 unspecified atom stereocenters. The predicted molar refractivity (Wildman–Crippen MR) is 319 cm³/mol. The number of para-hydroxylation sites is 1. The Balaban J connectivity index is 0.000000140. The lowest BCUT2D eigenvalue weighted by atomic mass is 9.79. The van der Waals surface area contributed by atoms with Crippen LogP contribution >= 0.6 is 22.7 Å². The van der Waals surface area contributed by atoms with E-state index < -0.39 is 0 Å². The van der Waals surface area contributed by atoms with Crippen molar-refractivity contribution in [1.82, 2.24) is 0 Å². The van der Waals surface area contributed by atoms with E-state index in [0.717, 1.165) is 55.3 Å². The molecule has 72 heavy (non-hydrogen) atoms. The summed E-state index contributed by atoms with van der Waals surface area (Å²) < 4.78 is 111. The van der Waals surface area contributed by atoms with Gasteiger partial charge in [-0.1, -0.05) is 230 Å². The minimum atomic E-state index is -0.282. The summed E-state index contributed by atoms with van der Waals surface area (Å²) in [5.41, 5.74) is 9.15. The minimum absolute atomic E-state index is 0.0287. The van der Waals surface area contributed by atoms with Crippen molar-refractivity contribution in [2.75, 3.05) is 0 Å². The maximum Gasteiger partial charge on any atom is 0.135 e. The van der Waals surface area contributed by atoms with Gasteiger partial charge in [0.05, 0.1) is 16.4 Å². The molecule has 0 radical (unpaired) electrons. The van der Waals surface area contributed by atoms with E-state index in [9.17, 15) is 0 Å². The largest absolute Gasteiger partial charge is 0.456 e. The molecule has 12 aromatic rings. The van der Waals surface area contributed by atoms with E-state index in [1.807, 2.05) is 72.8 Å². The van der Waals surface area contributed by atoms with E-state index in [1.165, 1.54) is 40.3 Å². The Morgan fingerprint density at radius 3 is 1.38 bits per heavy atom. The summed E-state index contributed by atoms with van der Waals surface area (Å²) in [4.78, 5) is 0. The third-order valence-electron chi connectivity index (χ3n) is 12.9. The molecule has 0 saturated heterocycles. The van der Waals surface area contributed by atoms with Gasteiger partial charge < -0.3 is 4.42 Å². The van der Waals surface area contributed by atoms with Gasteiger partial charge in [0.2, 0.25) is 0 Å². The molecule has 9 aromatic carbocycles. The lowest BCUT2D eigenvalue weighted by molar-refractivity contribution is 0.596. The first-order valence-corrected chi connectivity index (χ1v) is 26.1. The molecule has 360 valence electrons. The Kier molecular flexibility index (Phi) is 9.55. The van der Waals surface area contributed by atoms with Gasteiger partial charge >= 0.3 is 0 Å². The van der Waals surface area contributed by atoms with Gasteiger partial charge in [-0.2, -0.15) is 0 Å². The summed E-state index contributed by atoms with van der Waals surface area (Å²) in [7, 11) is 0. The van der Waals surface area contributed by atoms with Gasteiger partial charge in [0.1, 0.15) is 11.2 Å². The average molecular weight is 987 g/mol. The maximum absolute atomic E-state index is 8.63. The van der Waals surface area contributed by atoms with Crippen LogP contribution < -0.4 is 0 Å². The topological polar surface area (TPSA) is 13.1 Å². The van der Waals surface area contributed by atoms with Gasteiger partial charge in [0.25, 0.3) is 0 Å². The molecular formula is C69H66OS2. The fourth-order valence-corrected chi connectivity index (χ4v) is 12.6. The number of furan rings is 1. The second-order valence-corrected chi connectivity index (χ2v) is 23.8. The molecular weight excluding hydrogens is 909 g/mol. The van der Waals surface area contributed by atoms with Crippen LogP contribution in [-0.2, 0) is 16.2 Å². The quantitative estimate of drug-likeness (QED) is 0.172. The zero-order chi connectivity index (χ0) is 61.1. The van der Waals surface area contributed by atoms with Gasteiger partial charge in [-0.15, -0.1) is 22.7 Å². The minimum Gasteiger partial charge on any atom is -0.456 e. The van der Waals surface area contributed by atoms with Crippen LogP contribution in [0.25, 0.3) is 95.7 Å². The van der Waals surface area contributed by atoms with Crippen molar-refractivity contribution in [3.63, 3.8) is 0 Å². The van der Waals surface area contributed by atoms with Gasteiger partial charge in [0, 0.05) is 51.1 Å². The molecule has 0 aliphatic carbocycles. The third kappa shape index (κ3) is 9.42. The van der Waals surface area contributed by atoms with Crippen LogP contribution in [0, 0.1) is 20.8 Å². The fourth-order valence-electron chi connectivity index (χ4n) is 10.1. The second-order valence-electron chi connectivity index (χ2n) is 21.6. The standard InChI is InChI=1S/C23H22O.2C23H22S/c1-15-8-7-9-16(14-15)17-12-13-20-21(22(17)23(2,3)4)18-10-5-6-11-19(18)24-20;1-15-8-7-9-16(14-15)17-12-13-19-18-10-5-6-11-20(18)24-22(19)21(17)23(2,3)4;1-15-8-7-9-16(14-15)17-12-13-20-21(22(17)23(2,3)4)18-10-5-6-11-19(18)24-20/h3*5-14H,1-4H3/i3*7D,8D,9D,14D. The maximum atomic E-state index is 8.63. The molecule has 1 nitrogen and oxygen atoms in total. The van der Waals surface area contributed by atoms with Crippen LogP contribution in [0.15, 0.2) is 186 Å². The normalized spacial score (nSPS) is 14.5. The molecule has 0 atom stereocenters. The van der Waals surface area contributed by atoms with E-state index in [2.05, 4.69) is 98.7 Å². The Bertz CT molecular complexity index is 4380. The summed E-state index contributed by atoms with van der Waals surface area (Å²) in [6.07, 6.45) is 0. The van der Waals surface area contributed by atoms with Crippen molar-refractivity contribution >= 4 is 85.0 Å². The lowest BCUT2D eigenvalue weighted by Gasteiger charge is -2.25. The van der Waals surface area contributed by atoms with Crippen molar-refractivity contribution < 1.29 is 20.9 Å².